The molecule has 1 heterocycles. The Morgan fingerprint density at radius 2 is 2.10 bits per heavy atom. The predicted molar refractivity (Wildman–Crippen MR) is 88.9 cm³/mol. The Morgan fingerprint density at radius 3 is 2.86 bits per heavy atom. The zero-order valence-corrected chi connectivity index (χ0v) is 13.6. The number of ether oxygens (including phenoxy) is 1. The predicted octanol–water partition coefficient (Wildman–Crippen LogP) is 3.28. The fourth-order valence-electron chi connectivity index (χ4n) is 3.14. The van der Waals surface area contributed by atoms with Crippen LogP contribution < -0.4 is 10.5 Å². The number of benzene rings is 1. The van der Waals surface area contributed by atoms with Crippen LogP contribution in [0.15, 0.2) is 18.2 Å². The molecule has 118 valence electrons. The molecule has 0 amide bonds. The highest BCUT2D eigenvalue weighted by atomic mass is 16.5. The largest absolute Gasteiger partial charge is 0.494 e. The van der Waals surface area contributed by atoms with Gasteiger partial charge in [-0.1, -0.05) is 12.5 Å². The fourth-order valence-corrected chi connectivity index (χ4v) is 3.14. The van der Waals surface area contributed by atoms with Crippen LogP contribution in [0.5, 0.6) is 5.75 Å². The van der Waals surface area contributed by atoms with Crippen LogP contribution in [0.2, 0.25) is 0 Å². The highest BCUT2D eigenvalue weighted by Crippen LogP contribution is 2.20. The minimum absolute atomic E-state index is 0.699. The first-order chi connectivity index (χ1) is 10.2. The SMILES string of the molecule is Cc1ccc(OCCCN2CCCCC2CCN)cc1C. The number of hydrogen-bond donors (Lipinski definition) is 1. The van der Waals surface area contributed by atoms with Gasteiger partial charge in [-0.15, -0.1) is 0 Å². The van der Waals surface area contributed by atoms with Gasteiger partial charge in [0.15, 0.2) is 0 Å². The number of aryl methyl sites for hydroxylation is 2. The molecule has 2 rings (SSSR count). The van der Waals surface area contributed by atoms with Crippen molar-refractivity contribution in [1.82, 2.24) is 4.90 Å². The minimum Gasteiger partial charge on any atom is -0.494 e. The van der Waals surface area contributed by atoms with Gasteiger partial charge in [0, 0.05) is 12.6 Å². The molecule has 1 fully saturated rings. The summed E-state index contributed by atoms with van der Waals surface area (Å²) < 4.78 is 5.88. The molecule has 1 aromatic carbocycles. The average molecular weight is 290 g/mol. The standard InChI is InChI=1S/C18H30N2O/c1-15-7-8-18(14-16(15)2)21-13-5-12-20-11-4-3-6-17(20)9-10-19/h7-8,14,17H,3-6,9-13,19H2,1-2H3. The van der Waals surface area contributed by atoms with Crippen molar-refractivity contribution in [3.63, 3.8) is 0 Å². The molecule has 1 atom stereocenters. The molecular formula is C18H30N2O. The van der Waals surface area contributed by atoms with Crippen LogP contribution >= 0.6 is 0 Å². The number of piperidine rings is 1. The Morgan fingerprint density at radius 1 is 1.24 bits per heavy atom. The highest BCUT2D eigenvalue weighted by Gasteiger charge is 2.20. The molecule has 1 unspecified atom stereocenters. The first kappa shape index (κ1) is 16.3. The van der Waals surface area contributed by atoms with Crippen LogP contribution in [0, 0.1) is 13.8 Å². The molecule has 0 saturated carbocycles. The molecule has 0 radical (unpaired) electrons. The van der Waals surface area contributed by atoms with E-state index in [0.29, 0.717) is 6.04 Å². The van der Waals surface area contributed by atoms with E-state index in [-0.39, 0.29) is 0 Å². The molecule has 0 spiro atoms. The van der Waals surface area contributed by atoms with Crippen molar-refractivity contribution >= 4 is 0 Å². The number of likely N-dealkylation sites (tertiary alicyclic amines) is 1. The summed E-state index contributed by atoms with van der Waals surface area (Å²) in [5.74, 6) is 0.996. The molecule has 2 N–H and O–H groups in total. The van der Waals surface area contributed by atoms with Gasteiger partial charge in [-0.3, -0.25) is 0 Å². The van der Waals surface area contributed by atoms with Gasteiger partial charge in [0.1, 0.15) is 5.75 Å². The molecule has 0 aromatic heterocycles. The van der Waals surface area contributed by atoms with Gasteiger partial charge in [-0.2, -0.15) is 0 Å². The Labute approximate surface area is 129 Å². The zero-order chi connectivity index (χ0) is 15.1. The number of rotatable bonds is 7. The maximum Gasteiger partial charge on any atom is 0.119 e. The van der Waals surface area contributed by atoms with Gasteiger partial charge in [-0.05, 0) is 75.9 Å². The first-order valence-corrected chi connectivity index (χ1v) is 8.35. The number of nitrogens with two attached hydrogens (primary N) is 1. The van der Waals surface area contributed by atoms with E-state index in [1.165, 1.54) is 36.9 Å². The van der Waals surface area contributed by atoms with E-state index in [2.05, 4.69) is 36.9 Å². The Bertz CT molecular complexity index is 431. The molecule has 1 aromatic rings. The average Bonchev–Trinajstić information content (AvgIpc) is 2.49. The minimum atomic E-state index is 0.699. The molecule has 3 heteroatoms. The van der Waals surface area contributed by atoms with E-state index in [9.17, 15) is 0 Å². The van der Waals surface area contributed by atoms with Crippen molar-refractivity contribution in [2.75, 3.05) is 26.2 Å². The third kappa shape index (κ3) is 5.01. The van der Waals surface area contributed by atoms with E-state index in [1.807, 2.05) is 0 Å². The third-order valence-electron chi connectivity index (χ3n) is 4.59. The smallest absolute Gasteiger partial charge is 0.119 e. The van der Waals surface area contributed by atoms with Gasteiger partial charge in [0.25, 0.3) is 0 Å². The third-order valence-corrected chi connectivity index (χ3v) is 4.59. The van der Waals surface area contributed by atoms with Gasteiger partial charge in [0.2, 0.25) is 0 Å². The Hall–Kier alpha value is -1.06. The van der Waals surface area contributed by atoms with Crippen LogP contribution in [0.1, 0.15) is 43.2 Å². The second kappa shape index (κ2) is 8.40. The summed E-state index contributed by atoms with van der Waals surface area (Å²) in [4.78, 5) is 2.61. The zero-order valence-electron chi connectivity index (χ0n) is 13.6. The topological polar surface area (TPSA) is 38.5 Å². The summed E-state index contributed by atoms with van der Waals surface area (Å²) in [6.45, 7) is 8.23. The van der Waals surface area contributed by atoms with E-state index < -0.39 is 0 Å². The van der Waals surface area contributed by atoms with Crippen molar-refractivity contribution in [3.8, 4) is 5.75 Å². The fraction of sp³-hybridized carbons (Fsp3) is 0.667. The Balaban J connectivity index is 1.71. The monoisotopic (exact) mass is 290 g/mol. The lowest BCUT2D eigenvalue weighted by atomic mass is 9.99. The lowest BCUT2D eigenvalue weighted by molar-refractivity contribution is 0.132. The number of hydrogen-bond acceptors (Lipinski definition) is 3. The van der Waals surface area contributed by atoms with Crippen molar-refractivity contribution < 1.29 is 4.74 Å². The summed E-state index contributed by atoms with van der Waals surface area (Å²) in [6.07, 6.45) is 6.24. The molecule has 0 aliphatic carbocycles. The van der Waals surface area contributed by atoms with Gasteiger partial charge < -0.3 is 15.4 Å². The van der Waals surface area contributed by atoms with Gasteiger partial charge >= 0.3 is 0 Å². The second-order valence-corrected chi connectivity index (χ2v) is 6.21. The maximum absolute atomic E-state index is 5.88. The van der Waals surface area contributed by atoms with E-state index >= 15 is 0 Å². The summed E-state index contributed by atoms with van der Waals surface area (Å²) in [6, 6.07) is 7.03. The van der Waals surface area contributed by atoms with E-state index in [0.717, 1.165) is 38.3 Å². The van der Waals surface area contributed by atoms with E-state index in [4.69, 9.17) is 10.5 Å². The Kier molecular flexibility index (Phi) is 6.52. The quantitative estimate of drug-likeness (QED) is 0.783. The van der Waals surface area contributed by atoms with Gasteiger partial charge in [-0.25, -0.2) is 0 Å². The molecule has 3 nitrogen and oxygen atoms in total. The van der Waals surface area contributed by atoms with Crippen molar-refractivity contribution in [1.29, 1.82) is 0 Å². The van der Waals surface area contributed by atoms with E-state index in [1.54, 1.807) is 0 Å². The second-order valence-electron chi connectivity index (χ2n) is 6.21. The van der Waals surface area contributed by atoms with Crippen LogP contribution in [0.3, 0.4) is 0 Å². The van der Waals surface area contributed by atoms with Crippen molar-refractivity contribution in [3.05, 3.63) is 29.3 Å². The first-order valence-electron chi connectivity index (χ1n) is 8.35. The normalized spacial score (nSPS) is 19.7. The van der Waals surface area contributed by atoms with Crippen molar-refractivity contribution in [2.45, 2.75) is 52.0 Å². The van der Waals surface area contributed by atoms with Crippen LogP contribution in [-0.2, 0) is 0 Å². The van der Waals surface area contributed by atoms with Crippen LogP contribution in [-0.4, -0.2) is 37.2 Å². The summed E-state index contributed by atoms with van der Waals surface area (Å²) in [7, 11) is 0. The maximum atomic E-state index is 5.88. The molecule has 21 heavy (non-hydrogen) atoms. The van der Waals surface area contributed by atoms with Gasteiger partial charge in [0.05, 0.1) is 6.61 Å². The number of nitrogens with zero attached hydrogens (tertiary/aromatic N) is 1. The summed E-state index contributed by atoms with van der Waals surface area (Å²) >= 11 is 0. The van der Waals surface area contributed by atoms with Crippen molar-refractivity contribution in [2.24, 2.45) is 5.73 Å². The summed E-state index contributed by atoms with van der Waals surface area (Å²) in [5.41, 5.74) is 8.34. The molecular weight excluding hydrogens is 260 g/mol. The molecule has 1 aliphatic rings. The molecule has 1 saturated heterocycles. The molecule has 1 aliphatic heterocycles. The lowest BCUT2D eigenvalue weighted by Gasteiger charge is -2.35. The molecule has 0 bridgehead atoms. The lowest BCUT2D eigenvalue weighted by Crippen LogP contribution is -2.41. The highest BCUT2D eigenvalue weighted by molar-refractivity contribution is 5.33. The van der Waals surface area contributed by atoms with Crippen LogP contribution in [0.25, 0.3) is 0 Å². The summed E-state index contributed by atoms with van der Waals surface area (Å²) in [5, 5.41) is 0. The van der Waals surface area contributed by atoms with Crippen LogP contribution in [0.4, 0.5) is 0 Å².